The molecule has 0 aliphatic rings. The van der Waals surface area contributed by atoms with Crippen LogP contribution in [0, 0.1) is 25.3 Å². The molecule has 9 heteroatoms. The molecule has 17 aromatic carbocycles. The quantitative estimate of drug-likeness (QED) is 0.0330. The molecule has 0 radical (unpaired) electrons. The number of pyridine rings is 1. The SMILES string of the molecule is [2H]c1c([2H])c([2H])c([Si](c2c([2H])c([2H])c([2H])c([2H])c2[2H])(c2c([2H])c([2H])c([2H])c([2H])c2[2H])c2c([2H])c([2H])c([2H])c(-c3cccc(-c4c([2H])c([2H])c([2H])c([Si](c5c([2H])c([2H])c([2H])c([2H])c5[2H])(c5c([2H])c([2H])c([2H])c([2H])c5[2H])c5c([2H])c([2H])c([2H])c([2H])c5[2H])c4[2H])c3-[n+]3[c-]n(-c4[c-]c(Oc5[c-]c6c(cc5)c5ccccc5n6-c5cc(C([2H])([2H])[2H])c(-c6cccc([Si](c7ccccc7)(c7ccccc7)c7ccccc7)c6)cn5)ccc4)c4ccccc43)c2[2H])c([2H])c1[2H].[Pt]. The number of hydrogen-bond acceptors (Lipinski definition) is 2. The minimum atomic E-state index is -6.78. The number of nitrogens with zero attached hydrogens (tertiary/aromatic N) is 4. The Kier molecular flexibility index (Phi) is 11.4. The summed E-state index contributed by atoms with van der Waals surface area (Å²) >= 11 is 0. The van der Waals surface area contributed by atoms with E-state index in [2.05, 4.69) is 60.9 Å². The first-order valence-electron chi connectivity index (χ1n) is 57.1. The van der Waals surface area contributed by atoms with Gasteiger partial charge in [-0.3, -0.25) is 4.57 Å². The predicted octanol–water partition coefficient (Wildman–Crippen LogP) is 17.0. The van der Waals surface area contributed by atoms with Crippen LogP contribution in [-0.4, -0.2) is 38.3 Å². The maximum atomic E-state index is 11.3. The molecule has 0 amide bonds. The number of fused-ring (bicyclic) bond motifs is 4. The van der Waals surface area contributed by atoms with E-state index in [-0.39, 0.29) is 60.7 Å². The summed E-state index contributed by atoms with van der Waals surface area (Å²) in [5, 5.41) is -4.54. The summed E-state index contributed by atoms with van der Waals surface area (Å²) in [4.78, 5) is 5.11. The second kappa shape index (κ2) is 32.2. The zero-order valence-corrected chi connectivity index (χ0v) is 66.6. The van der Waals surface area contributed by atoms with Gasteiger partial charge in [-0.2, -0.15) is 18.2 Å². The second-order valence-electron chi connectivity index (χ2n) is 26.9. The van der Waals surface area contributed by atoms with E-state index in [1.54, 1.807) is 29.0 Å². The van der Waals surface area contributed by atoms with Crippen molar-refractivity contribution >= 4 is 119 Å². The average Bonchev–Trinajstić information content (AvgIpc) is 1.53. The van der Waals surface area contributed by atoms with Gasteiger partial charge in [0.2, 0.25) is 0 Å². The van der Waals surface area contributed by atoms with E-state index in [1.807, 2.05) is 91.0 Å². The zero-order valence-electron chi connectivity index (χ0n) is 102. The van der Waals surface area contributed by atoms with Crippen molar-refractivity contribution in [2.45, 2.75) is 6.85 Å². The third-order valence-electron chi connectivity index (χ3n) is 20.7. The monoisotopic (exact) mass is 1780 g/mol. The Morgan fingerprint density at radius 2 is 0.780 bits per heavy atom. The van der Waals surface area contributed by atoms with Crippen LogP contribution < -0.4 is 71.5 Å². The van der Waals surface area contributed by atoms with Crippen LogP contribution in [0.1, 0.15) is 61.8 Å². The fourth-order valence-corrected chi connectivity index (χ4v) is 27.7. The zero-order chi connectivity index (χ0) is 114. The molecule has 0 unspecified atom stereocenters. The van der Waals surface area contributed by atoms with Crippen molar-refractivity contribution in [3.8, 4) is 62.1 Å². The maximum Gasteiger partial charge on any atom is 0.268 e. The summed E-state index contributed by atoms with van der Waals surface area (Å²) < 4.78 is 411. The smallest absolute Gasteiger partial charge is 0.268 e. The summed E-state index contributed by atoms with van der Waals surface area (Å²) in [7, 11) is -16.7. The predicted molar refractivity (Wildman–Crippen MR) is 492 cm³/mol. The number of ether oxygens (including phenoxy) is 1. The molecule has 0 bridgehead atoms. The average molecular weight is 1780 g/mol. The van der Waals surface area contributed by atoms with E-state index in [0.717, 1.165) is 43.5 Å². The van der Waals surface area contributed by atoms with Crippen LogP contribution >= 0.6 is 0 Å². The van der Waals surface area contributed by atoms with E-state index in [0.29, 0.717) is 32.9 Å². The van der Waals surface area contributed by atoms with Gasteiger partial charge < -0.3 is 13.9 Å². The van der Waals surface area contributed by atoms with Crippen LogP contribution in [0.2, 0.25) is 0 Å². The number of benzene rings is 17. The van der Waals surface area contributed by atoms with Crippen LogP contribution in [0.5, 0.6) is 11.5 Å². The standard InChI is InChI=1S/C109H78N4OSi3.Pt/c1-80-72-108(110-78-103(80)83-40-35-63-98(75-83)117(93-55-23-8-24-56-93,94-57-25-9-26-58-94)95-59-27-10-28-60-95)113-104-67-30-29-64-101(104)102-71-70-86(77-107(102)113)114-85-42-36-41-84(76-85)111-79-112(106-69-32-31-68-105(106)111)109-99(81-38-33-61-96(73-81)115(87-43-11-2-12-44-87,88-45-13-3-14-46-88)89-47-15-4-16-48-89)65-37-66-100(109)82-39-34-62-97(74-82)116(90-49-17-5-18-50-90,91-51-19-6-20-52-91)92-53-21-7-22-54-92;/h2-75,78H,1H3;/q-2;/i1D3,2D,3D,4D,5D,6D,7D,11D,12D,13D,14D,15D,16D,17D,18D,19D,20D,21D,22D,33D,34D,38D,39D,43D,44D,45D,46D,47D,48D,49D,50D,51D,52D,53D,54D,61D,62D,73D,74D;. The Morgan fingerprint density at radius 3 is 1.29 bits per heavy atom. The molecule has 0 atom stereocenters. The molecular weight excluding hydrogens is 1660 g/mol. The molecule has 0 saturated heterocycles. The van der Waals surface area contributed by atoms with Crippen molar-refractivity contribution in [1.29, 1.82) is 0 Å². The van der Waals surface area contributed by atoms with Crippen LogP contribution in [0.25, 0.3) is 83.4 Å². The first kappa shape index (κ1) is 41.7. The number of aryl methyl sites for hydroxylation is 1. The van der Waals surface area contributed by atoms with Crippen LogP contribution in [0.15, 0.2) is 454 Å². The number of hydrogen-bond donors (Lipinski definition) is 0. The Balaban J connectivity index is 0.0000157. The minimum absolute atomic E-state index is 0. The third kappa shape index (κ3) is 13.0. The Hall–Kier alpha value is -13.7. The first-order chi connectivity index (χ1) is 74.9. The maximum absolute atomic E-state index is 11.3. The van der Waals surface area contributed by atoms with Crippen molar-refractivity contribution in [1.82, 2.24) is 14.1 Å². The summed E-state index contributed by atoms with van der Waals surface area (Å²) in [6.07, 6.45) is 4.81. The number of para-hydroxylation sites is 4. The van der Waals surface area contributed by atoms with Gasteiger partial charge in [-0.25, -0.2) is 4.98 Å². The van der Waals surface area contributed by atoms with E-state index in [9.17, 15) is 48.0 Å². The summed E-state index contributed by atoms with van der Waals surface area (Å²) in [6.45, 7) is -2.77. The fourth-order valence-electron chi connectivity index (χ4n) is 15.7. The van der Waals surface area contributed by atoms with Crippen molar-refractivity contribution in [3.63, 3.8) is 0 Å². The van der Waals surface area contributed by atoms with Crippen LogP contribution in [0.4, 0.5) is 0 Å². The topological polar surface area (TPSA) is 35.9 Å². The van der Waals surface area contributed by atoms with Gasteiger partial charge in [0.1, 0.15) is 5.82 Å². The first-order valence-corrected chi connectivity index (χ1v) is 42.6. The van der Waals surface area contributed by atoms with Crippen molar-refractivity contribution < 1.29 is 86.6 Å². The minimum Gasteiger partial charge on any atom is -0.510 e. The Morgan fingerprint density at radius 1 is 0.347 bits per heavy atom. The molecule has 0 N–H and O–H groups in total. The molecular formula is C109H78N4OPtSi3-2. The third-order valence-corrected chi connectivity index (χ3v) is 33.5. The molecule has 0 saturated carbocycles. The Labute approximate surface area is 763 Å². The molecule has 20 rings (SSSR count). The molecule has 5 nitrogen and oxygen atoms in total. The number of imidazole rings is 1. The largest absolute Gasteiger partial charge is 0.510 e. The second-order valence-corrected chi connectivity index (χ2v) is 37.7. The van der Waals surface area contributed by atoms with Crippen LogP contribution in [-0.2, 0) is 21.1 Å². The molecule has 3 heterocycles. The summed E-state index contributed by atoms with van der Waals surface area (Å²) in [5.74, 6) is 0.127. The van der Waals surface area contributed by atoms with Gasteiger partial charge in [-0.1, -0.05) is 411 Å². The van der Waals surface area contributed by atoms with E-state index >= 15 is 0 Å². The van der Waals surface area contributed by atoms with Gasteiger partial charge in [0, 0.05) is 54.0 Å². The van der Waals surface area contributed by atoms with Gasteiger partial charge in [-0.05, 0) is 126 Å². The van der Waals surface area contributed by atoms with Crippen molar-refractivity contribution in [2.24, 2.45) is 0 Å². The summed E-state index contributed by atoms with van der Waals surface area (Å²) in [6, 6.07) is 21.3. The van der Waals surface area contributed by atoms with E-state index in [1.165, 1.54) is 53.1 Å². The Bertz CT molecular complexity index is 8690. The number of rotatable bonds is 20. The van der Waals surface area contributed by atoms with Gasteiger partial charge in [0.05, 0.1) is 68.8 Å². The molecule has 564 valence electrons. The van der Waals surface area contributed by atoms with Crippen molar-refractivity contribution in [2.75, 3.05) is 0 Å². The molecule has 0 aliphatic carbocycles. The van der Waals surface area contributed by atoms with Gasteiger partial charge >= 0.3 is 0 Å². The molecule has 3 aromatic heterocycles. The molecule has 0 fully saturated rings. The molecule has 118 heavy (non-hydrogen) atoms. The van der Waals surface area contributed by atoms with E-state index in [4.69, 9.17) is 17.9 Å². The molecule has 0 spiro atoms. The van der Waals surface area contributed by atoms with Gasteiger partial charge in [0.15, 0.2) is 24.2 Å². The molecule has 20 aromatic rings. The van der Waals surface area contributed by atoms with E-state index < -0.39 is 330 Å². The van der Waals surface area contributed by atoms with Crippen LogP contribution in [0.3, 0.4) is 0 Å². The van der Waals surface area contributed by atoms with Gasteiger partial charge in [-0.15, -0.1) is 29.7 Å². The number of aromatic nitrogens is 4. The fraction of sp³-hybridized carbons (Fsp3) is 0.00917. The van der Waals surface area contributed by atoms with Crippen molar-refractivity contribution in [3.05, 3.63) is 478 Å². The molecule has 0 aliphatic heterocycles. The summed E-state index contributed by atoms with van der Waals surface area (Å²) in [5.41, 5.74) is -2.49. The normalized spacial score (nSPS) is 16.7. The van der Waals surface area contributed by atoms with Gasteiger partial charge in [0.25, 0.3) is 6.33 Å².